The second kappa shape index (κ2) is 9.37. The van der Waals surface area contributed by atoms with Gasteiger partial charge in [0.2, 0.25) is 17.4 Å². The van der Waals surface area contributed by atoms with Crippen LogP contribution in [0.1, 0.15) is 52.7 Å². The van der Waals surface area contributed by atoms with Gasteiger partial charge >= 0.3 is 0 Å². The highest BCUT2D eigenvalue weighted by Gasteiger charge is 2.46. The highest BCUT2D eigenvalue weighted by molar-refractivity contribution is 6.24. The number of rotatable bonds is 6. The number of fused-ring (bicyclic) bond motifs is 2. The van der Waals surface area contributed by atoms with Crippen molar-refractivity contribution in [3.8, 4) is 0 Å². The van der Waals surface area contributed by atoms with E-state index in [0.29, 0.717) is 18.7 Å². The fourth-order valence-corrected chi connectivity index (χ4v) is 6.33. The summed E-state index contributed by atoms with van der Waals surface area (Å²) in [5, 5.41) is 11.2. The number of para-hydroxylation sites is 2. The lowest BCUT2D eigenvalue weighted by Crippen LogP contribution is -2.40. The van der Waals surface area contributed by atoms with E-state index in [0.717, 1.165) is 28.3 Å². The zero-order valence-corrected chi connectivity index (χ0v) is 24.0. The number of hydrogen-bond acceptors (Lipinski definition) is 4. The molecule has 1 N–H and O–H groups in total. The van der Waals surface area contributed by atoms with Crippen molar-refractivity contribution in [3.05, 3.63) is 94.4 Å². The quantitative estimate of drug-likeness (QED) is 0.397. The number of carbonyl (C=O) groups excluding carboxylic acids is 2. The van der Waals surface area contributed by atoms with Crippen LogP contribution in [0.15, 0.2) is 83.3 Å². The van der Waals surface area contributed by atoms with Gasteiger partial charge in [0.15, 0.2) is 5.71 Å². The number of aliphatic hydroxyl groups is 1. The van der Waals surface area contributed by atoms with Gasteiger partial charge in [0.1, 0.15) is 19.4 Å². The Morgan fingerprint density at radius 2 is 1.56 bits per heavy atom. The van der Waals surface area contributed by atoms with Gasteiger partial charge in [0.05, 0.1) is 16.6 Å². The number of amides is 1. The molecule has 0 saturated carbocycles. The van der Waals surface area contributed by atoms with Crippen molar-refractivity contribution in [1.82, 2.24) is 4.90 Å². The summed E-state index contributed by atoms with van der Waals surface area (Å²) in [5.74, 6) is -0.157. The Kier molecular flexibility index (Phi) is 6.41. The summed E-state index contributed by atoms with van der Waals surface area (Å²) in [6.45, 7) is 13.9. The van der Waals surface area contributed by atoms with E-state index in [1.807, 2.05) is 67.1 Å². The maximum Gasteiger partial charge on any atom is 0.242 e. The van der Waals surface area contributed by atoms with E-state index < -0.39 is 5.41 Å². The normalized spacial score (nSPS) is 21.0. The van der Waals surface area contributed by atoms with Gasteiger partial charge in [-0.25, -0.2) is 0 Å². The summed E-state index contributed by atoms with van der Waals surface area (Å²) in [7, 11) is 2.00. The van der Waals surface area contributed by atoms with Crippen LogP contribution >= 0.6 is 0 Å². The van der Waals surface area contributed by atoms with Crippen molar-refractivity contribution in [2.75, 3.05) is 31.6 Å². The van der Waals surface area contributed by atoms with Crippen molar-refractivity contribution in [2.45, 2.75) is 52.4 Å². The number of benzene rings is 2. The molecule has 2 heterocycles. The minimum absolute atomic E-state index is 0.00179. The monoisotopic (exact) mass is 524 g/mol. The van der Waals surface area contributed by atoms with Crippen LogP contribution in [0.5, 0.6) is 0 Å². The zero-order chi connectivity index (χ0) is 28.3. The Morgan fingerprint density at radius 3 is 2.18 bits per heavy atom. The van der Waals surface area contributed by atoms with E-state index in [1.165, 1.54) is 5.56 Å². The fraction of sp³-hybridized carbons (Fsp3) is 0.364. The third-order valence-electron chi connectivity index (χ3n) is 8.71. The van der Waals surface area contributed by atoms with Gasteiger partial charge in [-0.2, -0.15) is 4.58 Å². The molecule has 1 amide bonds. The largest absolute Gasteiger partial charge is 0.506 e. The molecular formula is C33H38N3O3+. The molecule has 2 aromatic rings. The van der Waals surface area contributed by atoms with E-state index in [4.69, 9.17) is 0 Å². The average molecular weight is 525 g/mol. The van der Waals surface area contributed by atoms with Crippen LogP contribution in [0.2, 0.25) is 0 Å². The first-order chi connectivity index (χ1) is 18.4. The molecule has 6 nitrogen and oxygen atoms in total. The van der Waals surface area contributed by atoms with Crippen molar-refractivity contribution < 1.29 is 19.3 Å². The molecule has 39 heavy (non-hydrogen) atoms. The van der Waals surface area contributed by atoms with Crippen LogP contribution in [0, 0.1) is 0 Å². The molecule has 0 fully saturated rings. The third kappa shape index (κ3) is 3.96. The number of allylic oxidation sites excluding steroid dienone is 5. The Bertz CT molecular complexity index is 1520. The van der Waals surface area contributed by atoms with E-state index >= 15 is 0 Å². The molecule has 5 rings (SSSR count). The summed E-state index contributed by atoms with van der Waals surface area (Å²) >= 11 is 0. The van der Waals surface area contributed by atoms with Gasteiger partial charge in [0.25, 0.3) is 0 Å². The first kappa shape index (κ1) is 26.7. The van der Waals surface area contributed by atoms with Crippen LogP contribution in [0.3, 0.4) is 0 Å². The van der Waals surface area contributed by atoms with Crippen molar-refractivity contribution in [1.29, 1.82) is 0 Å². The van der Waals surface area contributed by atoms with Crippen molar-refractivity contribution >= 4 is 28.8 Å². The van der Waals surface area contributed by atoms with E-state index in [9.17, 15) is 14.7 Å². The summed E-state index contributed by atoms with van der Waals surface area (Å²) in [4.78, 5) is 30.5. The molecule has 6 heteroatoms. The van der Waals surface area contributed by atoms with E-state index in [1.54, 1.807) is 6.08 Å². The predicted octanol–water partition coefficient (Wildman–Crippen LogP) is 5.56. The molecule has 0 saturated heterocycles. The minimum atomic E-state index is -0.447. The van der Waals surface area contributed by atoms with E-state index in [2.05, 4.69) is 50.5 Å². The highest BCUT2D eigenvalue weighted by Crippen LogP contribution is 2.49. The number of Topliss-reactive ketones (excluding diaryl/α,β-unsaturated/α-hetero) is 1. The lowest BCUT2D eigenvalue weighted by atomic mass is 9.77. The predicted molar refractivity (Wildman–Crippen MR) is 156 cm³/mol. The van der Waals surface area contributed by atoms with Gasteiger partial charge in [0, 0.05) is 47.6 Å². The number of ketones is 1. The average Bonchev–Trinajstić information content (AvgIpc) is 3.24. The Balaban J connectivity index is 1.55. The molecule has 202 valence electrons. The lowest BCUT2D eigenvalue weighted by molar-refractivity contribution is -0.401. The number of hydrogen-bond donors (Lipinski definition) is 1. The van der Waals surface area contributed by atoms with Gasteiger partial charge in [-0.3, -0.25) is 9.59 Å². The number of likely N-dealkylation sites (N-methyl/N-ethyl adjacent to an activating group) is 1. The fourth-order valence-electron chi connectivity index (χ4n) is 6.33. The minimum Gasteiger partial charge on any atom is -0.506 e. The van der Waals surface area contributed by atoms with Crippen LogP contribution in [-0.4, -0.2) is 58.7 Å². The van der Waals surface area contributed by atoms with Gasteiger partial charge in [-0.15, -0.1) is 0 Å². The maximum atomic E-state index is 13.5. The lowest BCUT2D eigenvalue weighted by Gasteiger charge is -2.30. The first-order valence-corrected chi connectivity index (χ1v) is 13.7. The van der Waals surface area contributed by atoms with E-state index in [-0.39, 0.29) is 35.0 Å². The molecular weight excluding hydrogens is 486 g/mol. The smallest absolute Gasteiger partial charge is 0.242 e. The molecule has 2 aliphatic heterocycles. The van der Waals surface area contributed by atoms with Crippen LogP contribution in [-0.2, 0) is 20.4 Å². The second-order valence-electron chi connectivity index (χ2n) is 11.6. The van der Waals surface area contributed by atoms with Gasteiger partial charge in [-0.05, 0) is 45.4 Å². The summed E-state index contributed by atoms with van der Waals surface area (Å²) in [6.07, 6.45) is 3.61. The van der Waals surface area contributed by atoms with Crippen LogP contribution in [0.4, 0.5) is 11.4 Å². The second-order valence-corrected chi connectivity index (χ2v) is 11.6. The number of carbonyl (C=O) groups is 2. The van der Waals surface area contributed by atoms with Crippen LogP contribution < -0.4 is 4.90 Å². The van der Waals surface area contributed by atoms with Gasteiger partial charge < -0.3 is 14.9 Å². The number of nitrogens with zero attached hydrogens (tertiary/aromatic N) is 3. The van der Waals surface area contributed by atoms with Gasteiger partial charge in [-0.1, -0.05) is 50.2 Å². The molecule has 1 aliphatic carbocycles. The molecule has 0 radical (unpaired) electrons. The SMILES string of the molecule is CCN(CC)C(=O)CN1/C(=C/C2=C(O)C(=C/C3=[N+](C)c4ccccc4C3(C)C)/C2=O)C(C)(C)c2ccccc21. The molecule has 2 aromatic carbocycles. The molecule has 0 unspecified atom stereocenters. The summed E-state index contributed by atoms with van der Waals surface area (Å²) < 4.78 is 2.09. The Labute approximate surface area is 231 Å². The van der Waals surface area contributed by atoms with Crippen molar-refractivity contribution in [2.24, 2.45) is 0 Å². The topological polar surface area (TPSA) is 63.9 Å². The van der Waals surface area contributed by atoms with Crippen molar-refractivity contribution in [3.63, 3.8) is 0 Å². The Hall–Kier alpha value is -3.93. The molecule has 0 atom stereocenters. The third-order valence-corrected chi connectivity index (χ3v) is 8.71. The molecule has 0 bridgehead atoms. The number of aliphatic hydroxyl groups excluding tert-OH is 1. The first-order valence-electron chi connectivity index (χ1n) is 13.7. The molecule has 3 aliphatic rings. The zero-order valence-electron chi connectivity index (χ0n) is 24.0. The maximum absolute atomic E-state index is 13.5. The summed E-state index contributed by atoms with van der Waals surface area (Å²) in [5.41, 5.74) is 6.00. The number of anilines is 1. The highest BCUT2D eigenvalue weighted by atomic mass is 16.3. The molecule has 0 aromatic heterocycles. The summed E-state index contributed by atoms with van der Waals surface area (Å²) in [6, 6.07) is 16.3. The Morgan fingerprint density at radius 1 is 0.949 bits per heavy atom. The molecule has 0 spiro atoms. The standard InChI is InChI=1S/C33H37N3O3/c1-8-35(9-2)29(37)20-36-26-17-13-11-15-24(26)33(5,6)28(36)19-22-30(38)21(31(22)39)18-27-32(3,4)23-14-10-12-16-25(23)34(27)7/h10-19H,8-9,20H2,1-7H3/p+1. The van der Waals surface area contributed by atoms with Crippen LogP contribution in [0.25, 0.3) is 0 Å².